The predicted molar refractivity (Wildman–Crippen MR) is 91.6 cm³/mol. The molecule has 0 fully saturated rings. The summed E-state index contributed by atoms with van der Waals surface area (Å²) in [6.45, 7) is 0. The highest BCUT2D eigenvalue weighted by Crippen LogP contribution is 2.40. The van der Waals surface area contributed by atoms with Gasteiger partial charge in [0.05, 0.1) is 0 Å². The van der Waals surface area contributed by atoms with Crippen molar-refractivity contribution in [2.75, 3.05) is 0 Å². The molecule has 0 N–H and O–H groups in total. The maximum atomic E-state index is 2.41. The lowest BCUT2D eigenvalue weighted by Crippen LogP contribution is -1.88. The SMILES string of the molecule is c1ccc(-c2cc3c(c(-c4ccccc4)[s+]2)CCC3)cc1. The number of fused-ring (bicyclic) bond motifs is 1. The summed E-state index contributed by atoms with van der Waals surface area (Å²) in [6.07, 6.45) is 3.74. The van der Waals surface area contributed by atoms with E-state index in [9.17, 15) is 0 Å². The van der Waals surface area contributed by atoms with E-state index in [1.54, 1.807) is 11.1 Å². The van der Waals surface area contributed by atoms with Crippen LogP contribution in [0.25, 0.3) is 20.9 Å². The van der Waals surface area contributed by atoms with Gasteiger partial charge in [-0.2, -0.15) is 0 Å². The fourth-order valence-electron chi connectivity index (χ4n) is 3.11. The van der Waals surface area contributed by atoms with E-state index in [1.807, 2.05) is 11.3 Å². The molecule has 0 saturated heterocycles. The van der Waals surface area contributed by atoms with Crippen LogP contribution in [0.1, 0.15) is 17.5 Å². The molecule has 0 nitrogen and oxygen atoms in total. The summed E-state index contributed by atoms with van der Waals surface area (Å²) in [4.78, 5) is 2.85. The fraction of sp³-hybridized carbons (Fsp3) is 0.150. The average Bonchev–Trinajstić information content (AvgIpc) is 3.04. The van der Waals surface area contributed by atoms with E-state index in [0.29, 0.717) is 0 Å². The molecule has 1 aliphatic rings. The van der Waals surface area contributed by atoms with Crippen LogP contribution >= 0.6 is 11.3 Å². The van der Waals surface area contributed by atoms with Crippen molar-refractivity contribution in [1.29, 1.82) is 0 Å². The predicted octanol–water partition coefficient (Wildman–Crippen LogP) is 5.85. The minimum Gasteiger partial charge on any atom is -0.0622 e. The molecular formula is C20H17S+. The quantitative estimate of drug-likeness (QED) is 0.519. The first-order valence-electron chi connectivity index (χ1n) is 7.51. The summed E-state index contributed by atoms with van der Waals surface area (Å²) in [5.74, 6) is 0. The van der Waals surface area contributed by atoms with Gasteiger partial charge in [0.2, 0.25) is 21.1 Å². The van der Waals surface area contributed by atoms with Gasteiger partial charge >= 0.3 is 0 Å². The Morgan fingerprint density at radius 2 is 1.38 bits per heavy atom. The molecule has 0 unspecified atom stereocenters. The van der Waals surface area contributed by atoms with Crippen molar-refractivity contribution in [3.05, 3.63) is 77.9 Å². The van der Waals surface area contributed by atoms with Crippen molar-refractivity contribution in [1.82, 2.24) is 0 Å². The first-order chi connectivity index (χ1) is 10.4. The van der Waals surface area contributed by atoms with Crippen molar-refractivity contribution in [2.24, 2.45) is 0 Å². The normalized spacial score (nSPS) is 13.1. The zero-order valence-electron chi connectivity index (χ0n) is 11.9. The van der Waals surface area contributed by atoms with Gasteiger partial charge in [0.25, 0.3) is 0 Å². The second-order valence-corrected chi connectivity index (χ2v) is 6.58. The zero-order chi connectivity index (χ0) is 14.1. The van der Waals surface area contributed by atoms with Crippen LogP contribution in [0.15, 0.2) is 66.7 Å². The maximum Gasteiger partial charge on any atom is 0.242 e. The van der Waals surface area contributed by atoms with E-state index in [-0.39, 0.29) is 0 Å². The standard InChI is InChI=1S/C20H17S/c1-3-8-15(9-4-1)19-14-17-12-7-13-18(17)20(21-19)16-10-5-2-6-11-16/h1-6,8-11,14H,7,12-13H2/q+1. The smallest absolute Gasteiger partial charge is 0.0622 e. The Morgan fingerprint density at radius 1 is 0.714 bits per heavy atom. The maximum absolute atomic E-state index is 2.41. The molecule has 1 heterocycles. The lowest BCUT2D eigenvalue weighted by molar-refractivity contribution is 0.912. The van der Waals surface area contributed by atoms with Crippen LogP contribution in [0.2, 0.25) is 0 Å². The summed E-state index contributed by atoms with van der Waals surface area (Å²) in [5.41, 5.74) is 5.81. The number of benzene rings is 2. The van der Waals surface area contributed by atoms with Crippen molar-refractivity contribution in [2.45, 2.75) is 19.3 Å². The van der Waals surface area contributed by atoms with E-state index < -0.39 is 0 Å². The van der Waals surface area contributed by atoms with Crippen molar-refractivity contribution < 1.29 is 0 Å². The van der Waals surface area contributed by atoms with Crippen LogP contribution in [0.5, 0.6) is 0 Å². The monoisotopic (exact) mass is 289 g/mol. The Balaban J connectivity index is 1.92. The number of hydrogen-bond acceptors (Lipinski definition) is 0. The molecule has 102 valence electrons. The molecular weight excluding hydrogens is 272 g/mol. The highest BCUT2D eigenvalue weighted by molar-refractivity contribution is 7.18. The molecule has 0 bridgehead atoms. The molecule has 0 atom stereocenters. The molecule has 0 saturated carbocycles. The molecule has 1 heteroatoms. The summed E-state index contributed by atoms with van der Waals surface area (Å²) >= 11 is 1.93. The molecule has 0 radical (unpaired) electrons. The Kier molecular flexibility index (Phi) is 3.28. The van der Waals surface area contributed by atoms with Gasteiger partial charge in [-0.05, 0) is 49.1 Å². The van der Waals surface area contributed by atoms with Gasteiger partial charge in [0, 0.05) is 22.8 Å². The van der Waals surface area contributed by atoms with Gasteiger partial charge in [-0.15, -0.1) is 0 Å². The zero-order valence-corrected chi connectivity index (χ0v) is 12.7. The minimum absolute atomic E-state index is 1.22. The van der Waals surface area contributed by atoms with E-state index in [1.165, 1.54) is 40.1 Å². The molecule has 4 rings (SSSR count). The van der Waals surface area contributed by atoms with Crippen molar-refractivity contribution in [3.63, 3.8) is 0 Å². The number of aryl methyl sites for hydroxylation is 1. The van der Waals surface area contributed by atoms with Crippen molar-refractivity contribution in [3.8, 4) is 20.9 Å². The first-order valence-corrected chi connectivity index (χ1v) is 8.33. The summed E-state index contributed by atoms with van der Waals surface area (Å²) in [6, 6.07) is 24.0. The third-order valence-corrected chi connectivity index (χ3v) is 5.41. The highest BCUT2D eigenvalue weighted by atomic mass is 32.1. The van der Waals surface area contributed by atoms with E-state index in [2.05, 4.69) is 66.7 Å². The lowest BCUT2D eigenvalue weighted by atomic mass is 10.1. The fourth-order valence-corrected chi connectivity index (χ4v) is 4.40. The van der Waals surface area contributed by atoms with Gasteiger partial charge in [-0.3, -0.25) is 0 Å². The van der Waals surface area contributed by atoms with Crippen LogP contribution in [-0.2, 0) is 12.8 Å². The Labute approximate surface area is 129 Å². The highest BCUT2D eigenvalue weighted by Gasteiger charge is 2.27. The van der Waals surface area contributed by atoms with Gasteiger partial charge in [0.15, 0.2) is 0 Å². The molecule has 1 aliphatic carbocycles. The molecule has 0 amide bonds. The Bertz CT molecular complexity index is 761. The number of rotatable bonds is 2. The van der Waals surface area contributed by atoms with Crippen molar-refractivity contribution >= 4 is 11.3 Å². The first kappa shape index (κ1) is 12.7. The molecule has 0 spiro atoms. The largest absolute Gasteiger partial charge is 0.242 e. The number of hydrogen-bond donors (Lipinski definition) is 0. The summed E-state index contributed by atoms with van der Waals surface area (Å²) in [7, 11) is 0. The average molecular weight is 289 g/mol. The second-order valence-electron chi connectivity index (χ2n) is 5.53. The van der Waals surface area contributed by atoms with Gasteiger partial charge in [0.1, 0.15) is 0 Å². The third-order valence-electron chi connectivity index (χ3n) is 4.15. The molecule has 2 aromatic carbocycles. The van der Waals surface area contributed by atoms with Crippen LogP contribution in [-0.4, -0.2) is 0 Å². The van der Waals surface area contributed by atoms with Crippen LogP contribution in [0.3, 0.4) is 0 Å². The molecule has 0 aliphatic heterocycles. The van der Waals surface area contributed by atoms with Gasteiger partial charge < -0.3 is 0 Å². The molecule has 1 aromatic heterocycles. The Hall–Kier alpha value is -1.99. The van der Waals surface area contributed by atoms with E-state index in [0.717, 1.165) is 0 Å². The van der Waals surface area contributed by atoms with Gasteiger partial charge in [-0.1, -0.05) is 36.4 Å². The molecule has 21 heavy (non-hydrogen) atoms. The summed E-state index contributed by atoms with van der Waals surface area (Å²) in [5, 5.41) is 0. The van der Waals surface area contributed by atoms with Crippen LogP contribution in [0.4, 0.5) is 0 Å². The lowest BCUT2D eigenvalue weighted by Gasteiger charge is -2.02. The third kappa shape index (κ3) is 2.38. The summed E-state index contributed by atoms with van der Waals surface area (Å²) < 4.78 is 0. The van der Waals surface area contributed by atoms with Crippen LogP contribution in [0, 0.1) is 0 Å². The van der Waals surface area contributed by atoms with E-state index >= 15 is 0 Å². The van der Waals surface area contributed by atoms with Gasteiger partial charge in [-0.25, -0.2) is 0 Å². The van der Waals surface area contributed by atoms with E-state index in [4.69, 9.17) is 0 Å². The second kappa shape index (κ2) is 5.42. The Morgan fingerprint density at radius 3 is 2.10 bits per heavy atom. The topological polar surface area (TPSA) is 0 Å². The van der Waals surface area contributed by atoms with Crippen LogP contribution < -0.4 is 0 Å². The molecule has 3 aromatic rings. The minimum atomic E-state index is 1.22.